The van der Waals surface area contributed by atoms with Crippen molar-refractivity contribution in [3.8, 4) is 0 Å². The van der Waals surface area contributed by atoms with E-state index in [4.69, 9.17) is 3.63 Å². The Bertz CT molecular complexity index is 1240. The maximum Gasteiger partial charge on any atom is 0.466 e. The van der Waals surface area contributed by atoms with Gasteiger partial charge in [0, 0.05) is 20.0 Å². The lowest BCUT2D eigenvalue weighted by Gasteiger charge is -2.39. The minimum absolute atomic E-state index is 0.0957. The van der Waals surface area contributed by atoms with Gasteiger partial charge in [0.25, 0.3) is 0 Å². The number of halogens is 6. The predicted molar refractivity (Wildman–Crippen MR) is 140 cm³/mol. The molecule has 0 heterocycles. The van der Waals surface area contributed by atoms with Gasteiger partial charge >= 0.3 is 21.3 Å². The summed E-state index contributed by atoms with van der Waals surface area (Å²) in [6, 6.07) is 12.3. The number of carbonyl (C=O) groups excluding carboxylic acids is 1. The van der Waals surface area contributed by atoms with Gasteiger partial charge in [-0.15, -0.1) is 0 Å². The first-order valence-corrected chi connectivity index (χ1v) is 15.7. The molecule has 13 heteroatoms. The Morgan fingerprint density at radius 2 is 1.08 bits per heavy atom. The molecule has 0 aromatic heterocycles. The lowest BCUT2D eigenvalue weighted by Crippen LogP contribution is -2.41. The predicted octanol–water partition coefficient (Wildman–Crippen LogP) is 7.74. The molecule has 0 saturated heterocycles. The minimum atomic E-state index is -6.10. The molecule has 0 spiro atoms. The van der Waals surface area contributed by atoms with Crippen LogP contribution in [0.15, 0.2) is 87.5 Å². The van der Waals surface area contributed by atoms with E-state index < -0.39 is 55.7 Å². The molecule has 0 aliphatic heterocycles. The fourth-order valence-corrected chi connectivity index (χ4v) is 8.88. The van der Waals surface area contributed by atoms with Gasteiger partial charge in [-0.1, -0.05) is 28.8 Å². The first-order chi connectivity index (χ1) is 18.4. The van der Waals surface area contributed by atoms with Gasteiger partial charge in [0.05, 0.1) is 6.61 Å². The molecule has 0 fully saturated rings. The van der Waals surface area contributed by atoms with Crippen molar-refractivity contribution in [2.45, 2.75) is 45.6 Å². The molecule has 0 radical (unpaired) electrons. The first-order valence-electron chi connectivity index (χ1n) is 11.6. The van der Waals surface area contributed by atoms with E-state index in [1.807, 2.05) is 0 Å². The number of hydrogen-bond donors (Lipinski definition) is 0. The number of alkyl halides is 3. The lowest BCUT2D eigenvalue weighted by molar-refractivity contribution is -0.161. The number of ether oxygens (including phenoxy) is 1. The summed E-state index contributed by atoms with van der Waals surface area (Å²) in [6.07, 6.45) is 2.39. The van der Waals surface area contributed by atoms with Gasteiger partial charge in [-0.2, -0.15) is 17.2 Å². The molecule has 3 aromatic rings. The molecule has 0 aliphatic carbocycles. The Kier molecular flexibility index (Phi) is 10.5. The maximum atomic E-state index is 15.1. The molecule has 212 valence electrons. The zero-order valence-electron chi connectivity index (χ0n) is 20.3. The monoisotopic (exact) mass is 654 g/mol. The van der Waals surface area contributed by atoms with Gasteiger partial charge in [-0.25, -0.2) is 21.6 Å². The highest BCUT2D eigenvalue weighted by Gasteiger charge is 2.59. The zero-order chi connectivity index (χ0) is 28.7. The van der Waals surface area contributed by atoms with Crippen molar-refractivity contribution >= 4 is 42.3 Å². The Balaban J connectivity index is 2.09. The van der Waals surface area contributed by atoms with Crippen LogP contribution in [0.4, 0.5) is 22.0 Å². The van der Waals surface area contributed by atoms with E-state index in [9.17, 15) is 26.4 Å². The normalized spacial score (nSPS) is 12.8. The SMILES string of the molecule is O=C(OCCCCCCBr)C(F)(F)S(=O)(=O)OS(c1ccc(F)cc1)(c1ccc(F)cc1)c1ccc(F)cc1. The summed E-state index contributed by atoms with van der Waals surface area (Å²) in [7, 11) is -9.87. The fraction of sp³-hybridized carbons (Fsp3) is 0.269. The molecule has 5 nitrogen and oxygen atoms in total. The van der Waals surface area contributed by atoms with Gasteiger partial charge in [0.15, 0.2) is 0 Å². The molecule has 0 aliphatic rings. The van der Waals surface area contributed by atoms with E-state index in [1.54, 1.807) is 0 Å². The Morgan fingerprint density at radius 1 is 0.692 bits per heavy atom. The van der Waals surface area contributed by atoms with Crippen LogP contribution in [0.2, 0.25) is 0 Å². The summed E-state index contributed by atoms with van der Waals surface area (Å²) in [5, 5.41) is -4.39. The quantitative estimate of drug-likeness (QED) is 0.0816. The molecule has 39 heavy (non-hydrogen) atoms. The molecule has 0 unspecified atom stereocenters. The average Bonchev–Trinajstić information content (AvgIpc) is 2.90. The highest BCUT2D eigenvalue weighted by atomic mass is 79.9. The van der Waals surface area contributed by atoms with Crippen molar-refractivity contribution < 1.29 is 43.5 Å². The topological polar surface area (TPSA) is 69.7 Å². The summed E-state index contributed by atoms with van der Waals surface area (Å²) in [6.45, 7) is -0.432. The summed E-state index contributed by atoms with van der Waals surface area (Å²) in [4.78, 5) is 12.0. The molecule has 0 saturated carbocycles. The van der Waals surface area contributed by atoms with Crippen molar-refractivity contribution in [2.24, 2.45) is 0 Å². The molecular formula is C26H24BrF5O5S2. The van der Waals surface area contributed by atoms with Gasteiger partial charge in [0.2, 0.25) is 0 Å². The average molecular weight is 656 g/mol. The number of unbranched alkanes of at least 4 members (excludes halogenated alkanes) is 3. The molecule has 0 N–H and O–H groups in total. The smallest absolute Gasteiger partial charge is 0.460 e. The summed E-state index contributed by atoms with van der Waals surface area (Å²) in [5.41, 5.74) is 0. The third-order valence-corrected chi connectivity index (χ3v) is 11.1. The number of benzene rings is 3. The van der Waals surface area contributed by atoms with Gasteiger partial charge < -0.3 is 4.74 Å². The fourth-order valence-electron chi connectivity index (χ4n) is 3.48. The van der Waals surface area contributed by atoms with Crippen molar-refractivity contribution in [3.05, 3.63) is 90.2 Å². The highest BCUT2D eigenvalue weighted by Crippen LogP contribution is 2.70. The van der Waals surface area contributed by atoms with Crippen molar-refractivity contribution in [1.29, 1.82) is 0 Å². The van der Waals surface area contributed by atoms with Crippen LogP contribution in [-0.4, -0.2) is 31.6 Å². The number of carbonyl (C=O) groups is 1. The van der Waals surface area contributed by atoms with Crippen LogP contribution in [0, 0.1) is 17.5 Å². The van der Waals surface area contributed by atoms with Gasteiger partial charge in [0.1, 0.15) is 17.5 Å². The standard InChI is InChI=1S/C26H24BrF5O5S2/c27-17-3-1-2-4-18-36-25(33)26(31,32)39(34,35)37-38(22-11-5-19(28)6-12-22,23-13-7-20(29)8-14-23)24-15-9-21(30)10-16-24/h5-16H,1-4,17-18H2. The third-order valence-electron chi connectivity index (χ3n) is 5.44. The second kappa shape index (κ2) is 13.2. The molecule has 0 amide bonds. The van der Waals surface area contributed by atoms with Crippen LogP contribution in [0.3, 0.4) is 0 Å². The summed E-state index contributed by atoms with van der Waals surface area (Å²) < 4.78 is 108. The lowest BCUT2D eigenvalue weighted by atomic mass is 10.2. The van der Waals surface area contributed by atoms with Crippen LogP contribution in [0.25, 0.3) is 0 Å². The van der Waals surface area contributed by atoms with Crippen LogP contribution in [-0.2, 0) is 23.3 Å². The molecule has 0 atom stereocenters. The Labute approximate surface area is 233 Å². The van der Waals surface area contributed by atoms with Gasteiger partial charge in [-0.3, -0.25) is 0 Å². The minimum Gasteiger partial charge on any atom is -0.460 e. The number of hydrogen-bond acceptors (Lipinski definition) is 5. The van der Waals surface area contributed by atoms with E-state index in [-0.39, 0.29) is 21.1 Å². The number of esters is 1. The molecule has 3 aromatic carbocycles. The van der Waals surface area contributed by atoms with Crippen LogP contribution in [0.5, 0.6) is 0 Å². The van der Waals surface area contributed by atoms with Crippen molar-refractivity contribution in [2.75, 3.05) is 11.9 Å². The Morgan fingerprint density at radius 3 is 1.46 bits per heavy atom. The van der Waals surface area contributed by atoms with Crippen LogP contribution in [0.1, 0.15) is 25.7 Å². The largest absolute Gasteiger partial charge is 0.466 e. The second-order valence-corrected chi connectivity index (χ2v) is 13.5. The highest BCUT2D eigenvalue weighted by molar-refractivity contribution is 9.09. The maximum absolute atomic E-state index is 15.1. The van der Waals surface area contributed by atoms with Crippen molar-refractivity contribution in [3.63, 3.8) is 0 Å². The number of rotatable bonds is 13. The third kappa shape index (κ3) is 7.19. The first kappa shape index (κ1) is 31.1. The van der Waals surface area contributed by atoms with E-state index in [0.717, 1.165) is 91.0 Å². The second-order valence-electron chi connectivity index (χ2n) is 8.20. The van der Waals surface area contributed by atoms with Crippen LogP contribution >= 0.6 is 26.2 Å². The molecule has 0 bridgehead atoms. The Hall–Kier alpha value is -2.48. The van der Waals surface area contributed by atoms with Crippen LogP contribution < -0.4 is 0 Å². The van der Waals surface area contributed by atoms with Crippen molar-refractivity contribution in [1.82, 2.24) is 0 Å². The molecule has 3 rings (SSSR count). The van der Waals surface area contributed by atoms with Gasteiger partial charge in [-0.05, 0) is 95.9 Å². The van der Waals surface area contributed by atoms with E-state index in [1.165, 1.54) is 0 Å². The summed E-state index contributed by atoms with van der Waals surface area (Å²) in [5.74, 6) is -4.50. The van der Waals surface area contributed by atoms with E-state index >= 15 is 8.78 Å². The summed E-state index contributed by atoms with van der Waals surface area (Å²) >= 11 is 3.26. The van der Waals surface area contributed by atoms with E-state index in [0.29, 0.717) is 6.42 Å². The molecular weight excluding hydrogens is 631 g/mol. The van der Waals surface area contributed by atoms with E-state index in [2.05, 4.69) is 20.7 Å². The zero-order valence-corrected chi connectivity index (χ0v) is 23.5.